The molecule has 0 bridgehead atoms. The fourth-order valence-corrected chi connectivity index (χ4v) is 2.81. The Labute approximate surface area is 143 Å². The van der Waals surface area contributed by atoms with Crippen LogP contribution >= 0.6 is 0 Å². The lowest BCUT2D eigenvalue weighted by Gasteiger charge is -2.19. The third-order valence-corrected chi connectivity index (χ3v) is 4.30. The van der Waals surface area contributed by atoms with E-state index in [9.17, 15) is 0 Å². The third kappa shape index (κ3) is 3.56. The molecule has 0 fully saturated rings. The molecule has 3 rings (SSSR count). The number of rotatable bonds is 5. The highest BCUT2D eigenvalue weighted by Crippen LogP contribution is 2.25. The van der Waals surface area contributed by atoms with Crippen LogP contribution in [0.1, 0.15) is 26.3 Å². The van der Waals surface area contributed by atoms with Gasteiger partial charge in [-0.25, -0.2) is 0 Å². The van der Waals surface area contributed by atoms with Gasteiger partial charge in [-0.3, -0.25) is 0 Å². The summed E-state index contributed by atoms with van der Waals surface area (Å²) in [6.07, 6.45) is 2.09. The Hall–Kier alpha value is -2.42. The number of hydrogen-bond donors (Lipinski definition) is 0. The summed E-state index contributed by atoms with van der Waals surface area (Å²) in [6.45, 7) is 8.11. The smallest absolute Gasteiger partial charge is 0.119 e. The van der Waals surface area contributed by atoms with Crippen molar-refractivity contribution in [2.45, 2.75) is 32.7 Å². The molecular formula is C21H25NO2. The molecule has 0 aliphatic carbocycles. The molecule has 24 heavy (non-hydrogen) atoms. The summed E-state index contributed by atoms with van der Waals surface area (Å²) in [5, 5.41) is 1.18. The van der Waals surface area contributed by atoms with Crippen molar-refractivity contribution in [1.82, 2.24) is 4.57 Å². The van der Waals surface area contributed by atoms with Crippen LogP contribution in [0.4, 0.5) is 0 Å². The lowest BCUT2D eigenvalue weighted by Crippen LogP contribution is -2.11. The fraction of sp³-hybridized carbons (Fsp3) is 0.333. The molecule has 0 N–H and O–H groups in total. The first-order valence-corrected chi connectivity index (χ1v) is 8.33. The average Bonchev–Trinajstić information content (AvgIpc) is 2.97. The van der Waals surface area contributed by atoms with Crippen LogP contribution in [-0.4, -0.2) is 18.3 Å². The van der Waals surface area contributed by atoms with E-state index in [4.69, 9.17) is 9.47 Å². The summed E-state index contributed by atoms with van der Waals surface area (Å²) in [4.78, 5) is 0. The Morgan fingerprint density at radius 2 is 1.62 bits per heavy atom. The van der Waals surface area contributed by atoms with Gasteiger partial charge in [-0.05, 0) is 47.4 Å². The zero-order valence-electron chi connectivity index (χ0n) is 14.9. The SMILES string of the molecule is COc1ccc2c(ccn2CCOc2ccc(C(C)(C)C)cc2)c1. The van der Waals surface area contributed by atoms with E-state index in [-0.39, 0.29) is 5.41 Å². The topological polar surface area (TPSA) is 23.4 Å². The molecule has 0 saturated heterocycles. The molecular weight excluding hydrogens is 298 g/mol. The molecule has 0 atom stereocenters. The molecule has 1 aromatic heterocycles. The third-order valence-electron chi connectivity index (χ3n) is 4.30. The van der Waals surface area contributed by atoms with Crippen molar-refractivity contribution in [2.24, 2.45) is 0 Å². The molecule has 0 unspecified atom stereocenters. The predicted octanol–water partition coefficient (Wildman–Crippen LogP) is 5.03. The van der Waals surface area contributed by atoms with Crippen LogP contribution in [0, 0.1) is 0 Å². The van der Waals surface area contributed by atoms with Gasteiger partial charge in [0.05, 0.1) is 13.7 Å². The largest absolute Gasteiger partial charge is 0.497 e. The molecule has 0 radical (unpaired) electrons. The second kappa shape index (κ2) is 6.60. The molecule has 3 heteroatoms. The van der Waals surface area contributed by atoms with Crippen molar-refractivity contribution < 1.29 is 9.47 Å². The highest BCUT2D eigenvalue weighted by molar-refractivity contribution is 5.81. The highest BCUT2D eigenvalue weighted by Gasteiger charge is 2.12. The Morgan fingerprint density at radius 1 is 0.917 bits per heavy atom. The second-order valence-corrected chi connectivity index (χ2v) is 7.06. The van der Waals surface area contributed by atoms with Crippen LogP contribution in [0.25, 0.3) is 10.9 Å². The van der Waals surface area contributed by atoms with Gasteiger partial charge in [0.2, 0.25) is 0 Å². The van der Waals surface area contributed by atoms with Crippen molar-refractivity contribution in [2.75, 3.05) is 13.7 Å². The van der Waals surface area contributed by atoms with Gasteiger partial charge in [0, 0.05) is 17.1 Å². The number of ether oxygens (including phenoxy) is 2. The fourth-order valence-electron chi connectivity index (χ4n) is 2.81. The van der Waals surface area contributed by atoms with Gasteiger partial charge in [0.25, 0.3) is 0 Å². The Morgan fingerprint density at radius 3 is 2.29 bits per heavy atom. The minimum absolute atomic E-state index is 0.170. The van der Waals surface area contributed by atoms with E-state index in [2.05, 4.69) is 74.0 Å². The quantitative estimate of drug-likeness (QED) is 0.657. The molecule has 0 aliphatic heterocycles. The number of fused-ring (bicyclic) bond motifs is 1. The maximum absolute atomic E-state index is 5.90. The number of benzene rings is 2. The number of methoxy groups -OCH3 is 1. The zero-order chi connectivity index (χ0) is 17.2. The number of nitrogens with zero attached hydrogens (tertiary/aromatic N) is 1. The standard InChI is InChI=1S/C21H25NO2/c1-21(2,3)17-5-7-18(8-6-17)24-14-13-22-12-11-16-15-19(23-4)9-10-20(16)22/h5-12,15H,13-14H2,1-4H3. The van der Waals surface area contributed by atoms with E-state index in [0.29, 0.717) is 6.61 Å². The zero-order valence-corrected chi connectivity index (χ0v) is 14.9. The molecule has 0 amide bonds. The first-order valence-electron chi connectivity index (χ1n) is 8.33. The molecule has 2 aromatic carbocycles. The Balaban J connectivity index is 1.62. The second-order valence-electron chi connectivity index (χ2n) is 7.06. The molecule has 0 saturated carbocycles. The Kier molecular flexibility index (Phi) is 4.52. The van der Waals surface area contributed by atoms with Gasteiger partial charge < -0.3 is 14.0 Å². The normalized spacial score (nSPS) is 11.7. The van der Waals surface area contributed by atoms with Crippen LogP contribution in [0.2, 0.25) is 0 Å². The molecule has 1 heterocycles. The van der Waals surface area contributed by atoms with Gasteiger partial charge in [-0.2, -0.15) is 0 Å². The average molecular weight is 323 g/mol. The maximum Gasteiger partial charge on any atom is 0.119 e. The lowest BCUT2D eigenvalue weighted by molar-refractivity contribution is 0.300. The van der Waals surface area contributed by atoms with E-state index in [1.165, 1.54) is 16.5 Å². The van der Waals surface area contributed by atoms with E-state index < -0.39 is 0 Å². The number of aromatic nitrogens is 1. The highest BCUT2D eigenvalue weighted by atomic mass is 16.5. The van der Waals surface area contributed by atoms with Crippen molar-refractivity contribution in [3.05, 3.63) is 60.3 Å². The van der Waals surface area contributed by atoms with E-state index >= 15 is 0 Å². The van der Waals surface area contributed by atoms with Crippen LogP contribution < -0.4 is 9.47 Å². The first kappa shape index (κ1) is 16.4. The number of hydrogen-bond acceptors (Lipinski definition) is 2. The van der Waals surface area contributed by atoms with E-state index in [1.54, 1.807) is 7.11 Å². The summed E-state index contributed by atoms with van der Waals surface area (Å²) in [5.74, 6) is 1.80. The first-order chi connectivity index (χ1) is 11.5. The summed E-state index contributed by atoms with van der Waals surface area (Å²) in [5.41, 5.74) is 2.69. The van der Waals surface area contributed by atoms with Gasteiger partial charge in [-0.1, -0.05) is 32.9 Å². The van der Waals surface area contributed by atoms with Crippen LogP contribution in [-0.2, 0) is 12.0 Å². The molecule has 0 aliphatic rings. The van der Waals surface area contributed by atoms with Gasteiger partial charge in [0.15, 0.2) is 0 Å². The minimum Gasteiger partial charge on any atom is -0.497 e. The van der Waals surface area contributed by atoms with Crippen molar-refractivity contribution in [1.29, 1.82) is 0 Å². The van der Waals surface area contributed by atoms with Crippen molar-refractivity contribution in [3.8, 4) is 11.5 Å². The van der Waals surface area contributed by atoms with E-state index in [1.807, 2.05) is 6.07 Å². The van der Waals surface area contributed by atoms with Crippen LogP contribution in [0.3, 0.4) is 0 Å². The lowest BCUT2D eigenvalue weighted by atomic mass is 9.87. The maximum atomic E-state index is 5.90. The Bertz CT molecular complexity index is 810. The minimum atomic E-state index is 0.170. The molecule has 0 spiro atoms. The van der Waals surface area contributed by atoms with Gasteiger partial charge in [-0.15, -0.1) is 0 Å². The predicted molar refractivity (Wildman–Crippen MR) is 99.1 cm³/mol. The molecule has 3 nitrogen and oxygen atoms in total. The van der Waals surface area contributed by atoms with Crippen LogP contribution in [0.15, 0.2) is 54.7 Å². The monoisotopic (exact) mass is 323 g/mol. The summed E-state index contributed by atoms with van der Waals surface area (Å²) >= 11 is 0. The van der Waals surface area contributed by atoms with Crippen molar-refractivity contribution >= 4 is 10.9 Å². The van der Waals surface area contributed by atoms with Gasteiger partial charge >= 0.3 is 0 Å². The summed E-state index contributed by atoms with van der Waals surface area (Å²) in [7, 11) is 1.69. The summed E-state index contributed by atoms with van der Waals surface area (Å²) in [6, 6.07) is 16.6. The van der Waals surface area contributed by atoms with Crippen LogP contribution in [0.5, 0.6) is 11.5 Å². The van der Waals surface area contributed by atoms with E-state index in [0.717, 1.165) is 18.0 Å². The molecule has 126 valence electrons. The molecule has 3 aromatic rings. The summed E-state index contributed by atoms with van der Waals surface area (Å²) < 4.78 is 13.4. The van der Waals surface area contributed by atoms with Crippen molar-refractivity contribution in [3.63, 3.8) is 0 Å². The van der Waals surface area contributed by atoms with Gasteiger partial charge in [0.1, 0.15) is 18.1 Å².